The first kappa shape index (κ1) is 12.1. The summed E-state index contributed by atoms with van der Waals surface area (Å²) in [6, 6.07) is 10.5. The van der Waals surface area contributed by atoms with Crippen molar-refractivity contribution in [1.82, 2.24) is 9.55 Å². The molecule has 0 spiro atoms. The van der Waals surface area contributed by atoms with Crippen LogP contribution in [0.2, 0.25) is 0 Å². The second kappa shape index (κ2) is 5.38. The Morgan fingerprint density at radius 2 is 2.00 bits per heavy atom. The molecule has 3 rings (SSSR count). The SMILES string of the molecule is OCc1sccc1-c1ccc(Cn2ccnc2)cc1. The topological polar surface area (TPSA) is 38.0 Å². The van der Waals surface area contributed by atoms with E-state index in [2.05, 4.69) is 35.3 Å². The van der Waals surface area contributed by atoms with E-state index >= 15 is 0 Å². The van der Waals surface area contributed by atoms with Crippen molar-refractivity contribution in [2.45, 2.75) is 13.2 Å². The standard InChI is InChI=1S/C15H14N2OS/c18-10-15-14(5-8-19-15)13-3-1-12(2-4-13)9-17-7-6-16-11-17/h1-8,11,18H,9-10H2. The van der Waals surface area contributed by atoms with Crippen LogP contribution in [0.5, 0.6) is 0 Å². The fourth-order valence-electron chi connectivity index (χ4n) is 2.10. The number of thiophene rings is 1. The highest BCUT2D eigenvalue weighted by Gasteiger charge is 2.05. The number of aromatic nitrogens is 2. The van der Waals surface area contributed by atoms with Crippen molar-refractivity contribution >= 4 is 11.3 Å². The number of benzene rings is 1. The second-order valence-corrected chi connectivity index (χ2v) is 5.35. The Kier molecular flexibility index (Phi) is 3.44. The van der Waals surface area contributed by atoms with Crippen LogP contribution in [-0.4, -0.2) is 14.7 Å². The van der Waals surface area contributed by atoms with Crippen LogP contribution in [0.4, 0.5) is 0 Å². The van der Waals surface area contributed by atoms with Gasteiger partial charge in [0.1, 0.15) is 0 Å². The number of rotatable bonds is 4. The van der Waals surface area contributed by atoms with Crippen molar-refractivity contribution in [2.24, 2.45) is 0 Å². The van der Waals surface area contributed by atoms with Crippen LogP contribution >= 0.6 is 11.3 Å². The molecule has 0 aliphatic heterocycles. The smallest absolute Gasteiger partial charge is 0.0949 e. The maximum atomic E-state index is 9.29. The Hall–Kier alpha value is -1.91. The van der Waals surface area contributed by atoms with Crippen LogP contribution in [0, 0.1) is 0 Å². The van der Waals surface area contributed by atoms with Gasteiger partial charge in [-0.15, -0.1) is 11.3 Å². The average Bonchev–Trinajstić information content (AvgIpc) is 3.10. The number of aliphatic hydroxyl groups is 1. The van der Waals surface area contributed by atoms with E-state index in [0.29, 0.717) is 0 Å². The Morgan fingerprint density at radius 1 is 1.16 bits per heavy atom. The fraction of sp³-hybridized carbons (Fsp3) is 0.133. The van der Waals surface area contributed by atoms with Crippen LogP contribution in [0.15, 0.2) is 54.4 Å². The average molecular weight is 270 g/mol. The molecule has 3 aromatic rings. The van der Waals surface area contributed by atoms with Gasteiger partial charge in [0.2, 0.25) is 0 Å². The third-order valence-electron chi connectivity index (χ3n) is 3.08. The lowest BCUT2D eigenvalue weighted by molar-refractivity contribution is 0.286. The number of imidazole rings is 1. The van der Waals surface area contributed by atoms with E-state index in [0.717, 1.165) is 22.5 Å². The van der Waals surface area contributed by atoms with E-state index < -0.39 is 0 Å². The molecule has 0 aliphatic rings. The van der Waals surface area contributed by atoms with Gasteiger partial charge in [-0.1, -0.05) is 24.3 Å². The highest BCUT2D eigenvalue weighted by molar-refractivity contribution is 7.10. The Morgan fingerprint density at radius 3 is 2.68 bits per heavy atom. The largest absolute Gasteiger partial charge is 0.391 e. The summed E-state index contributed by atoms with van der Waals surface area (Å²) in [5, 5.41) is 11.3. The molecule has 0 atom stereocenters. The first-order valence-electron chi connectivity index (χ1n) is 6.09. The van der Waals surface area contributed by atoms with Gasteiger partial charge in [-0.05, 0) is 28.1 Å². The van der Waals surface area contributed by atoms with E-state index in [-0.39, 0.29) is 6.61 Å². The Bertz CT molecular complexity index is 641. The van der Waals surface area contributed by atoms with E-state index in [9.17, 15) is 5.11 Å². The number of hydrogen-bond acceptors (Lipinski definition) is 3. The van der Waals surface area contributed by atoms with Crippen molar-refractivity contribution in [1.29, 1.82) is 0 Å². The summed E-state index contributed by atoms with van der Waals surface area (Å²) in [4.78, 5) is 5.05. The molecule has 0 saturated carbocycles. The predicted octanol–water partition coefficient (Wildman–Crippen LogP) is 3.15. The summed E-state index contributed by atoms with van der Waals surface area (Å²) in [5.74, 6) is 0. The maximum absolute atomic E-state index is 9.29. The minimum atomic E-state index is 0.101. The molecule has 0 fully saturated rings. The van der Waals surface area contributed by atoms with E-state index in [1.54, 1.807) is 17.5 Å². The summed E-state index contributed by atoms with van der Waals surface area (Å²) in [7, 11) is 0. The molecule has 0 bridgehead atoms. The van der Waals surface area contributed by atoms with E-state index in [1.807, 2.05) is 22.5 Å². The molecule has 4 heteroatoms. The van der Waals surface area contributed by atoms with Gasteiger partial charge in [-0.3, -0.25) is 0 Å². The van der Waals surface area contributed by atoms with Crippen LogP contribution in [-0.2, 0) is 13.2 Å². The number of hydrogen-bond donors (Lipinski definition) is 1. The zero-order chi connectivity index (χ0) is 13.1. The quantitative estimate of drug-likeness (QED) is 0.791. The molecule has 2 heterocycles. The van der Waals surface area contributed by atoms with Gasteiger partial charge in [0.25, 0.3) is 0 Å². The fourth-order valence-corrected chi connectivity index (χ4v) is 2.86. The van der Waals surface area contributed by atoms with Gasteiger partial charge >= 0.3 is 0 Å². The highest BCUT2D eigenvalue weighted by atomic mass is 32.1. The third-order valence-corrected chi connectivity index (χ3v) is 3.98. The van der Waals surface area contributed by atoms with Gasteiger partial charge in [0, 0.05) is 23.8 Å². The normalized spacial score (nSPS) is 10.8. The van der Waals surface area contributed by atoms with Crippen molar-refractivity contribution < 1.29 is 5.11 Å². The third kappa shape index (κ3) is 2.59. The molecule has 1 aromatic carbocycles. The molecule has 0 saturated heterocycles. The number of aliphatic hydroxyl groups excluding tert-OH is 1. The summed E-state index contributed by atoms with van der Waals surface area (Å²) in [6.45, 7) is 0.931. The lowest BCUT2D eigenvalue weighted by Gasteiger charge is -2.05. The minimum absolute atomic E-state index is 0.101. The lowest BCUT2D eigenvalue weighted by atomic mass is 10.0. The van der Waals surface area contributed by atoms with Gasteiger partial charge in [-0.25, -0.2) is 4.98 Å². The zero-order valence-corrected chi connectivity index (χ0v) is 11.2. The Balaban J connectivity index is 1.83. The number of nitrogens with zero attached hydrogens (tertiary/aromatic N) is 2. The van der Waals surface area contributed by atoms with Gasteiger partial charge in [0.05, 0.1) is 12.9 Å². The van der Waals surface area contributed by atoms with E-state index in [1.165, 1.54) is 5.56 Å². The van der Waals surface area contributed by atoms with E-state index in [4.69, 9.17) is 0 Å². The molecule has 2 aromatic heterocycles. The van der Waals surface area contributed by atoms with Gasteiger partial charge in [0.15, 0.2) is 0 Å². The monoisotopic (exact) mass is 270 g/mol. The molecular weight excluding hydrogens is 256 g/mol. The summed E-state index contributed by atoms with van der Waals surface area (Å²) < 4.78 is 2.04. The molecule has 19 heavy (non-hydrogen) atoms. The first-order valence-corrected chi connectivity index (χ1v) is 6.97. The molecule has 96 valence electrons. The van der Waals surface area contributed by atoms with Crippen molar-refractivity contribution in [3.63, 3.8) is 0 Å². The summed E-state index contributed by atoms with van der Waals surface area (Å²) >= 11 is 1.59. The predicted molar refractivity (Wildman–Crippen MR) is 77.0 cm³/mol. The summed E-state index contributed by atoms with van der Waals surface area (Å²) in [6.07, 6.45) is 5.56. The first-order chi connectivity index (χ1) is 9.36. The zero-order valence-electron chi connectivity index (χ0n) is 10.4. The molecule has 1 N–H and O–H groups in total. The van der Waals surface area contributed by atoms with Crippen LogP contribution in [0.25, 0.3) is 11.1 Å². The van der Waals surface area contributed by atoms with Gasteiger partial charge in [-0.2, -0.15) is 0 Å². The maximum Gasteiger partial charge on any atom is 0.0949 e. The molecule has 3 nitrogen and oxygen atoms in total. The van der Waals surface area contributed by atoms with Crippen molar-refractivity contribution in [2.75, 3.05) is 0 Å². The van der Waals surface area contributed by atoms with Crippen molar-refractivity contribution in [3.05, 3.63) is 64.9 Å². The lowest BCUT2D eigenvalue weighted by Crippen LogP contribution is -1.95. The highest BCUT2D eigenvalue weighted by Crippen LogP contribution is 2.28. The molecule has 0 unspecified atom stereocenters. The van der Waals surface area contributed by atoms with Crippen LogP contribution < -0.4 is 0 Å². The van der Waals surface area contributed by atoms with Crippen LogP contribution in [0.3, 0.4) is 0 Å². The summed E-state index contributed by atoms with van der Waals surface area (Å²) in [5.41, 5.74) is 3.52. The molecule has 0 radical (unpaired) electrons. The molecule has 0 amide bonds. The Labute approximate surface area is 115 Å². The van der Waals surface area contributed by atoms with Gasteiger partial charge < -0.3 is 9.67 Å². The minimum Gasteiger partial charge on any atom is -0.391 e. The second-order valence-electron chi connectivity index (χ2n) is 4.35. The van der Waals surface area contributed by atoms with Crippen molar-refractivity contribution in [3.8, 4) is 11.1 Å². The molecule has 0 aliphatic carbocycles. The molecular formula is C15H14N2OS. The van der Waals surface area contributed by atoms with Crippen LogP contribution in [0.1, 0.15) is 10.4 Å².